The Labute approximate surface area is 611 Å². The summed E-state index contributed by atoms with van der Waals surface area (Å²) in [4.78, 5) is 156. The first-order valence-electron chi connectivity index (χ1n) is 36.0. The van der Waals surface area contributed by atoms with Gasteiger partial charge in [-0.25, -0.2) is 14.6 Å². The Kier molecular flexibility index (Phi) is 36.3. The fourth-order valence-electron chi connectivity index (χ4n) is 13.5. The molecule has 0 unspecified atom stereocenters. The van der Waals surface area contributed by atoms with Gasteiger partial charge in [0, 0.05) is 121 Å². The van der Waals surface area contributed by atoms with Crippen molar-refractivity contribution in [2.75, 3.05) is 79.7 Å². The molecule has 2 aliphatic heterocycles. The summed E-state index contributed by atoms with van der Waals surface area (Å²) in [7, 11) is 6.51. The van der Waals surface area contributed by atoms with Gasteiger partial charge in [-0.15, -0.1) is 11.3 Å². The second-order valence-electron chi connectivity index (χ2n) is 27.6. The molecular formula is C76H112N10O16S. The monoisotopic (exact) mass is 1450 g/mol. The van der Waals surface area contributed by atoms with Crippen LogP contribution >= 0.6 is 11.3 Å². The van der Waals surface area contributed by atoms with Gasteiger partial charge in [-0.05, 0) is 86.0 Å². The molecular weight excluding hydrogens is 1340 g/mol. The van der Waals surface area contributed by atoms with Crippen molar-refractivity contribution in [2.24, 2.45) is 41.2 Å². The number of hydrogen-bond acceptors (Lipinski definition) is 18. The van der Waals surface area contributed by atoms with Crippen LogP contribution in [0.5, 0.6) is 0 Å². The molecule has 5 rings (SSSR count). The quantitative estimate of drug-likeness (QED) is 0.0201. The first-order chi connectivity index (χ1) is 49.1. The molecule has 6 N–H and O–H groups in total. The van der Waals surface area contributed by atoms with Gasteiger partial charge >= 0.3 is 12.1 Å². The predicted octanol–water partition coefficient (Wildman–Crippen LogP) is 8.53. The summed E-state index contributed by atoms with van der Waals surface area (Å²) < 4.78 is 29.2. The predicted molar refractivity (Wildman–Crippen MR) is 392 cm³/mol. The number of imide groups is 1. The number of anilines is 1. The molecule has 103 heavy (non-hydrogen) atoms. The van der Waals surface area contributed by atoms with Crippen LogP contribution in [-0.4, -0.2) is 200 Å². The lowest BCUT2D eigenvalue weighted by atomic mass is 9.87. The molecule has 11 atom stereocenters. The normalized spacial score (nSPS) is 16.6. The van der Waals surface area contributed by atoms with Crippen molar-refractivity contribution in [1.29, 1.82) is 0 Å². The van der Waals surface area contributed by atoms with E-state index < -0.39 is 83.8 Å². The molecule has 27 heteroatoms. The Hall–Kier alpha value is -8.24. The number of benzene rings is 2. The van der Waals surface area contributed by atoms with Gasteiger partial charge in [0.05, 0.1) is 74.6 Å². The summed E-state index contributed by atoms with van der Waals surface area (Å²) in [6.45, 7) is 20.9. The van der Waals surface area contributed by atoms with E-state index in [1.165, 1.54) is 28.4 Å². The van der Waals surface area contributed by atoms with Gasteiger partial charge in [0.2, 0.25) is 29.5 Å². The molecule has 26 nitrogen and oxygen atoms in total. The van der Waals surface area contributed by atoms with Gasteiger partial charge in [-0.3, -0.25) is 48.1 Å². The van der Waals surface area contributed by atoms with Crippen LogP contribution in [0.1, 0.15) is 155 Å². The van der Waals surface area contributed by atoms with E-state index in [9.17, 15) is 52.7 Å². The third-order valence-corrected chi connectivity index (χ3v) is 20.1. The summed E-state index contributed by atoms with van der Waals surface area (Å²) in [6, 6.07) is 13.2. The number of aromatic nitrogens is 1. The molecule has 0 radical (unpaired) electrons. The van der Waals surface area contributed by atoms with Gasteiger partial charge in [0.1, 0.15) is 17.4 Å². The van der Waals surface area contributed by atoms with E-state index in [2.05, 4.69) is 32.8 Å². The average Bonchev–Trinajstić information content (AvgIpc) is 1.83. The maximum absolute atomic E-state index is 14.6. The van der Waals surface area contributed by atoms with Gasteiger partial charge in [-0.2, -0.15) is 0 Å². The summed E-state index contributed by atoms with van der Waals surface area (Å²) >= 11 is 1.48. The van der Waals surface area contributed by atoms with E-state index in [-0.39, 0.29) is 144 Å². The first-order valence-corrected chi connectivity index (χ1v) is 36.9. The number of thiazole rings is 1. The molecule has 2 aromatic carbocycles. The standard InChI is InChI=1S/C76H112N10O16S/c1-14-50(6)69(62(98-12)46-66(92)85-36-19-25-60(85)70(99-13)53(9)71(93)81-59(73-78-35-42-103-73)44-54-21-16-15-17-22-54)83(10)74(95)52(8)43-51(7)68(49(4)5)84(11)76(97)102-47-55-26-28-57(29-27-55)80-72(94)56(23-18-34-79-75(77)96)45-61(88)67(48(2)3)82-63(89)33-39-101-41-40-100-38-20-24-58(87)32-37-86-64(90)30-31-65(86)91/h15-17,21-22,26-31,35,42,48-50,52-53,56,59-60,62,67-70H,7,14,18-20,23-25,32-34,36-41,43-47H2,1-6,8-13H3,(H,80,94)(H,81,93)(H,82,89)(H3,77,79,96)/t50-,52+,53+,56+,59-,60-,62+,67-,68-,69-,70+/m0/s1. The number of likely N-dealkylation sites (tertiary alicyclic amines) is 1. The van der Waals surface area contributed by atoms with E-state index in [4.69, 9.17) is 29.4 Å². The number of carbonyl (C=O) groups is 11. The molecule has 0 aliphatic carbocycles. The highest BCUT2D eigenvalue weighted by Gasteiger charge is 2.43. The summed E-state index contributed by atoms with van der Waals surface area (Å²) in [5.74, 6) is -5.31. The smallest absolute Gasteiger partial charge is 0.410 e. The number of rotatable bonds is 47. The van der Waals surface area contributed by atoms with Crippen LogP contribution in [0, 0.1) is 35.5 Å². The van der Waals surface area contributed by atoms with Gasteiger partial charge in [0.15, 0.2) is 5.78 Å². The molecule has 1 fully saturated rings. The summed E-state index contributed by atoms with van der Waals surface area (Å²) in [5.41, 5.74) is 8.01. The number of nitrogens with zero attached hydrogens (tertiary/aromatic N) is 5. The Morgan fingerprint density at radius 1 is 0.767 bits per heavy atom. The number of carbonyl (C=O) groups excluding carboxylic acids is 11. The SMILES string of the molecule is C=C(C[C@@H](C)C(=O)N(C)[C@@H]([C@@H](C)CC)[C@@H](CC(=O)N1CCC[C@H]1[C@H](OC)[C@@H](C)C(=O)N[C@@H](Cc1ccccc1)c1nccs1)OC)[C@H](C(C)C)N(C)C(=O)OCc1ccc(NC(=O)[C@H](CCCNC(N)=O)CC(=O)[C@@H](NC(=O)CCOCCOCCCC(=O)CCN2C(=O)C=CC2=O)C(C)C)cc1. The number of methoxy groups -OCH3 is 2. The average molecular weight is 1450 g/mol. The van der Waals surface area contributed by atoms with E-state index in [0.717, 1.165) is 21.9 Å². The van der Waals surface area contributed by atoms with Crippen molar-refractivity contribution in [3.63, 3.8) is 0 Å². The van der Waals surface area contributed by atoms with Gasteiger partial charge < -0.3 is 65.4 Å². The molecule has 0 saturated carbocycles. The van der Waals surface area contributed by atoms with Crippen LogP contribution in [0.15, 0.2) is 90.5 Å². The Morgan fingerprint density at radius 2 is 1.45 bits per heavy atom. The van der Waals surface area contributed by atoms with Gasteiger partial charge in [0.25, 0.3) is 11.8 Å². The molecule has 3 heterocycles. The number of nitrogens with two attached hydrogens (primary N) is 1. The van der Waals surface area contributed by atoms with E-state index in [1.54, 1.807) is 77.5 Å². The van der Waals surface area contributed by atoms with Crippen molar-refractivity contribution in [2.45, 2.75) is 188 Å². The highest BCUT2D eigenvalue weighted by Crippen LogP contribution is 2.33. The van der Waals surface area contributed by atoms with Crippen LogP contribution < -0.4 is 27.0 Å². The van der Waals surface area contributed by atoms with Gasteiger partial charge in [-0.1, -0.05) is 116 Å². The minimum absolute atomic E-state index is 0.00678. The lowest BCUT2D eigenvalue weighted by Gasteiger charge is -2.40. The van der Waals surface area contributed by atoms with E-state index in [1.807, 2.05) is 82.2 Å². The largest absolute Gasteiger partial charge is 0.445 e. The number of hydrogen-bond donors (Lipinski definition) is 5. The first kappa shape index (κ1) is 85.4. The lowest BCUT2D eigenvalue weighted by Crippen LogP contribution is -2.54. The number of urea groups is 1. The molecule has 0 spiro atoms. The minimum atomic E-state index is -0.916. The fraction of sp³-hybridized carbons (Fsp3) is 0.605. The van der Waals surface area contributed by atoms with Crippen LogP contribution in [0.4, 0.5) is 15.3 Å². The van der Waals surface area contributed by atoms with Crippen LogP contribution in [0.2, 0.25) is 0 Å². The van der Waals surface area contributed by atoms with Crippen molar-refractivity contribution in [1.82, 2.24) is 40.5 Å². The number of ether oxygens (including phenoxy) is 5. The number of nitrogens with one attached hydrogen (secondary N) is 4. The van der Waals surface area contributed by atoms with E-state index >= 15 is 0 Å². The van der Waals surface area contributed by atoms with Crippen molar-refractivity contribution in [3.8, 4) is 0 Å². The van der Waals surface area contributed by atoms with Crippen LogP contribution in [0.25, 0.3) is 0 Å². The third kappa shape index (κ3) is 27.1. The minimum Gasteiger partial charge on any atom is -0.445 e. The zero-order valence-corrected chi connectivity index (χ0v) is 63.1. The highest BCUT2D eigenvalue weighted by atomic mass is 32.1. The Bertz CT molecular complexity index is 3280. The molecule has 10 amide bonds. The second-order valence-corrected chi connectivity index (χ2v) is 28.6. The molecule has 1 aromatic heterocycles. The van der Waals surface area contributed by atoms with Crippen LogP contribution in [0.3, 0.4) is 0 Å². The van der Waals surface area contributed by atoms with Crippen LogP contribution in [-0.2, 0) is 79.9 Å². The molecule has 0 bridgehead atoms. The summed E-state index contributed by atoms with van der Waals surface area (Å²) in [6.07, 6.45) is 6.06. The van der Waals surface area contributed by atoms with Crippen molar-refractivity contribution >= 4 is 82.1 Å². The molecule has 1 saturated heterocycles. The Balaban J connectivity index is 1.10. The Morgan fingerprint density at radius 3 is 2.06 bits per heavy atom. The zero-order valence-electron chi connectivity index (χ0n) is 62.3. The number of primary amides is 1. The van der Waals surface area contributed by atoms with Crippen molar-refractivity contribution < 1.29 is 76.4 Å². The number of likely N-dealkylation sites (N-methyl/N-ethyl adjacent to an activating group) is 2. The molecule has 568 valence electrons. The van der Waals surface area contributed by atoms with Crippen molar-refractivity contribution in [3.05, 3.63) is 107 Å². The van der Waals surface area contributed by atoms with E-state index in [0.29, 0.717) is 62.1 Å². The lowest BCUT2D eigenvalue weighted by molar-refractivity contribution is -0.147. The highest BCUT2D eigenvalue weighted by molar-refractivity contribution is 7.09. The second kappa shape index (κ2) is 43.8. The fourth-order valence-corrected chi connectivity index (χ4v) is 14.2. The number of Topliss-reactive ketones (excluding diaryl/α,β-unsaturated/α-hetero) is 2. The number of ketones is 2. The zero-order chi connectivity index (χ0) is 75.9. The molecule has 3 aromatic rings. The number of amides is 10. The molecule has 2 aliphatic rings. The summed E-state index contributed by atoms with van der Waals surface area (Å²) in [5, 5.41) is 14.1. The maximum atomic E-state index is 14.6. The maximum Gasteiger partial charge on any atom is 0.410 e. The third-order valence-electron chi connectivity index (χ3n) is 19.2. The topological polar surface area (TPSA) is 334 Å².